The predicted molar refractivity (Wildman–Crippen MR) is 69.9 cm³/mol. The first-order valence-electron chi connectivity index (χ1n) is 5.09. The van der Waals surface area contributed by atoms with Crippen molar-refractivity contribution in [1.82, 2.24) is 10.2 Å². The van der Waals surface area contributed by atoms with Gasteiger partial charge in [0.15, 0.2) is 0 Å². The number of aryl methyl sites for hydroxylation is 1. The van der Waals surface area contributed by atoms with Crippen LogP contribution in [0.2, 0.25) is 0 Å². The van der Waals surface area contributed by atoms with E-state index in [-0.39, 0.29) is 6.04 Å². The summed E-state index contributed by atoms with van der Waals surface area (Å²) in [5.74, 6) is 0.568. The molecule has 0 spiro atoms. The zero-order valence-corrected chi connectivity index (χ0v) is 11.9. The summed E-state index contributed by atoms with van der Waals surface area (Å²) in [6, 6.07) is 6.01. The second-order valence-corrected chi connectivity index (χ2v) is 5.54. The average Bonchev–Trinajstić information content (AvgIpc) is 2.63. The number of rotatable bonds is 3. The summed E-state index contributed by atoms with van der Waals surface area (Å²) in [4.78, 5) is 1.03. The van der Waals surface area contributed by atoms with Crippen LogP contribution in [0.5, 0.6) is 0 Å². The van der Waals surface area contributed by atoms with Gasteiger partial charge in [-0.05, 0) is 36.4 Å². The van der Waals surface area contributed by atoms with Crippen molar-refractivity contribution in [3.63, 3.8) is 0 Å². The molecule has 2 rings (SSSR count). The molecule has 2 N–H and O–H groups in total. The van der Waals surface area contributed by atoms with E-state index in [4.69, 9.17) is 10.2 Å². The van der Waals surface area contributed by atoms with Gasteiger partial charge in [-0.2, -0.15) is 0 Å². The van der Waals surface area contributed by atoms with Crippen molar-refractivity contribution in [2.75, 3.05) is 0 Å². The van der Waals surface area contributed by atoms with Crippen LogP contribution in [0.4, 0.5) is 0 Å². The second-order valence-electron chi connectivity index (χ2n) is 3.66. The summed E-state index contributed by atoms with van der Waals surface area (Å²) in [6.45, 7) is 3.72. The third-order valence-electron chi connectivity index (χ3n) is 2.18. The average molecular weight is 314 g/mol. The number of benzene rings is 1. The maximum Gasteiger partial charge on any atom is 0.281 e. The molecule has 1 aromatic carbocycles. The van der Waals surface area contributed by atoms with E-state index in [1.165, 1.54) is 11.8 Å². The Kier molecular flexibility index (Phi) is 3.86. The Morgan fingerprint density at radius 2 is 2.18 bits per heavy atom. The van der Waals surface area contributed by atoms with Crippen molar-refractivity contribution in [2.45, 2.75) is 30.0 Å². The highest BCUT2D eigenvalue weighted by molar-refractivity contribution is 9.10. The highest BCUT2D eigenvalue weighted by Gasteiger charge is 2.09. The van der Waals surface area contributed by atoms with E-state index in [0.717, 1.165) is 14.9 Å². The van der Waals surface area contributed by atoms with Gasteiger partial charge in [-0.15, -0.1) is 10.2 Å². The number of hydrogen-bond donors (Lipinski definition) is 1. The van der Waals surface area contributed by atoms with Crippen LogP contribution in [-0.4, -0.2) is 10.2 Å². The molecule has 2 aromatic rings. The van der Waals surface area contributed by atoms with Crippen molar-refractivity contribution in [3.05, 3.63) is 34.1 Å². The van der Waals surface area contributed by atoms with E-state index in [0.29, 0.717) is 11.1 Å². The van der Waals surface area contributed by atoms with Crippen LogP contribution < -0.4 is 5.73 Å². The van der Waals surface area contributed by atoms with Crippen LogP contribution in [0.3, 0.4) is 0 Å². The van der Waals surface area contributed by atoms with Gasteiger partial charge in [-0.25, -0.2) is 0 Å². The molecule has 0 saturated carbocycles. The molecule has 1 heterocycles. The Morgan fingerprint density at radius 3 is 2.71 bits per heavy atom. The van der Waals surface area contributed by atoms with Crippen LogP contribution in [0.15, 0.2) is 37.2 Å². The molecule has 0 aliphatic carbocycles. The van der Waals surface area contributed by atoms with Crippen LogP contribution in [0.1, 0.15) is 24.4 Å². The Hall–Kier alpha value is -0.850. The molecular weight excluding hydrogens is 302 g/mol. The monoisotopic (exact) mass is 313 g/mol. The zero-order valence-electron chi connectivity index (χ0n) is 9.48. The minimum Gasteiger partial charge on any atom is -0.416 e. The van der Waals surface area contributed by atoms with Gasteiger partial charge < -0.3 is 10.2 Å². The molecular formula is C11H12BrN3OS. The van der Waals surface area contributed by atoms with Crippen LogP contribution in [0.25, 0.3) is 0 Å². The number of hydrogen-bond acceptors (Lipinski definition) is 5. The Morgan fingerprint density at radius 1 is 1.41 bits per heavy atom. The fourth-order valence-electron chi connectivity index (χ4n) is 1.36. The lowest BCUT2D eigenvalue weighted by Crippen LogP contribution is -2.05. The normalized spacial score (nSPS) is 12.7. The molecule has 0 saturated heterocycles. The minimum atomic E-state index is 0.00840. The number of nitrogens with zero attached hydrogens (tertiary/aromatic N) is 2. The summed E-state index contributed by atoms with van der Waals surface area (Å²) in [7, 11) is 0. The summed E-state index contributed by atoms with van der Waals surface area (Å²) >= 11 is 4.94. The summed E-state index contributed by atoms with van der Waals surface area (Å²) in [5.41, 5.74) is 6.92. The highest BCUT2D eigenvalue weighted by atomic mass is 79.9. The molecule has 0 aliphatic rings. The lowest BCUT2D eigenvalue weighted by Gasteiger charge is -2.09. The molecule has 6 heteroatoms. The highest BCUT2D eigenvalue weighted by Crippen LogP contribution is 2.31. The smallest absolute Gasteiger partial charge is 0.281 e. The second kappa shape index (κ2) is 5.20. The maximum atomic E-state index is 5.84. The topological polar surface area (TPSA) is 64.9 Å². The van der Waals surface area contributed by atoms with Gasteiger partial charge in [0, 0.05) is 22.3 Å². The molecule has 0 fully saturated rings. The van der Waals surface area contributed by atoms with Gasteiger partial charge in [0.05, 0.1) is 0 Å². The third-order valence-corrected chi connectivity index (χ3v) is 3.69. The molecule has 1 atom stereocenters. The van der Waals surface area contributed by atoms with Crippen molar-refractivity contribution in [1.29, 1.82) is 0 Å². The van der Waals surface area contributed by atoms with Gasteiger partial charge in [0.2, 0.25) is 5.89 Å². The van der Waals surface area contributed by atoms with Gasteiger partial charge in [0.25, 0.3) is 5.22 Å². The summed E-state index contributed by atoms with van der Waals surface area (Å²) < 4.78 is 6.30. The zero-order chi connectivity index (χ0) is 12.4. The molecule has 90 valence electrons. The molecule has 0 bridgehead atoms. The summed E-state index contributed by atoms with van der Waals surface area (Å²) in [6.07, 6.45) is 0. The Balaban J connectivity index is 2.20. The van der Waals surface area contributed by atoms with E-state index in [1.807, 2.05) is 25.1 Å². The van der Waals surface area contributed by atoms with E-state index in [9.17, 15) is 0 Å². The largest absolute Gasteiger partial charge is 0.416 e. The Bertz CT molecular complexity index is 527. The van der Waals surface area contributed by atoms with Crippen molar-refractivity contribution in [3.8, 4) is 0 Å². The number of halogens is 1. The third kappa shape index (κ3) is 3.08. The van der Waals surface area contributed by atoms with Gasteiger partial charge in [-0.3, -0.25) is 0 Å². The van der Waals surface area contributed by atoms with E-state index in [2.05, 4.69) is 26.1 Å². The van der Waals surface area contributed by atoms with Gasteiger partial charge in [-0.1, -0.05) is 22.0 Å². The fourth-order valence-corrected chi connectivity index (χ4v) is 3.01. The lowest BCUT2D eigenvalue weighted by molar-refractivity contribution is 0.429. The Labute approximate surface area is 112 Å². The van der Waals surface area contributed by atoms with Crippen molar-refractivity contribution < 1.29 is 4.42 Å². The maximum absolute atomic E-state index is 5.84. The summed E-state index contributed by atoms with van der Waals surface area (Å²) in [5, 5.41) is 8.26. The van der Waals surface area contributed by atoms with Crippen molar-refractivity contribution in [2.24, 2.45) is 5.73 Å². The minimum absolute atomic E-state index is 0.00840. The van der Waals surface area contributed by atoms with E-state index >= 15 is 0 Å². The molecule has 1 unspecified atom stereocenters. The first-order chi connectivity index (χ1) is 8.06. The quantitative estimate of drug-likeness (QED) is 0.941. The molecule has 1 aromatic heterocycles. The lowest BCUT2D eigenvalue weighted by atomic mass is 10.1. The molecule has 0 amide bonds. The predicted octanol–water partition coefficient (Wildman–Crippen LogP) is 3.31. The molecule has 0 aliphatic heterocycles. The number of aromatic nitrogens is 2. The molecule has 17 heavy (non-hydrogen) atoms. The van der Waals surface area contributed by atoms with Crippen LogP contribution >= 0.6 is 27.7 Å². The first kappa shape index (κ1) is 12.6. The standard InChI is InChI=1S/C11H12BrN3OS/c1-6(13)9-4-3-8(5-10(9)12)17-11-15-14-7(2)16-11/h3-6H,13H2,1-2H3. The SMILES string of the molecule is Cc1nnc(Sc2ccc(C(C)N)c(Br)c2)o1. The molecule has 4 nitrogen and oxygen atoms in total. The van der Waals surface area contributed by atoms with E-state index < -0.39 is 0 Å². The van der Waals surface area contributed by atoms with Gasteiger partial charge in [0.1, 0.15) is 0 Å². The van der Waals surface area contributed by atoms with Crippen LogP contribution in [0, 0.1) is 6.92 Å². The number of nitrogens with two attached hydrogens (primary N) is 1. The molecule has 0 radical (unpaired) electrons. The van der Waals surface area contributed by atoms with E-state index in [1.54, 1.807) is 6.92 Å². The fraction of sp³-hybridized carbons (Fsp3) is 0.273. The van der Waals surface area contributed by atoms with Crippen LogP contribution in [-0.2, 0) is 0 Å². The first-order valence-corrected chi connectivity index (χ1v) is 6.70. The van der Waals surface area contributed by atoms with Gasteiger partial charge >= 0.3 is 0 Å². The van der Waals surface area contributed by atoms with Crippen molar-refractivity contribution >= 4 is 27.7 Å².